The molecule has 3 rings (SSSR count). The van der Waals surface area contributed by atoms with E-state index in [9.17, 15) is 4.79 Å². The van der Waals surface area contributed by atoms with Gasteiger partial charge in [-0.25, -0.2) is 0 Å². The van der Waals surface area contributed by atoms with E-state index in [1.807, 2.05) is 19.1 Å². The smallest absolute Gasteiger partial charge is 0.262 e. The summed E-state index contributed by atoms with van der Waals surface area (Å²) in [6, 6.07) is 12.5. The van der Waals surface area contributed by atoms with E-state index in [-0.39, 0.29) is 18.6 Å². The van der Waals surface area contributed by atoms with Gasteiger partial charge in [-0.15, -0.1) is 0 Å². The minimum absolute atomic E-state index is 0.0697. The molecule has 1 aliphatic rings. The Hall–Kier alpha value is -2.24. The molecule has 1 atom stereocenters. The van der Waals surface area contributed by atoms with Gasteiger partial charge in [0.2, 0.25) is 0 Å². The normalized spacial score (nSPS) is 16.3. The van der Waals surface area contributed by atoms with E-state index in [4.69, 9.17) is 25.8 Å². The lowest BCUT2D eigenvalue weighted by Gasteiger charge is -2.12. The topological polar surface area (TPSA) is 56.8 Å². The molecule has 5 nitrogen and oxygen atoms in total. The summed E-state index contributed by atoms with van der Waals surface area (Å²) in [4.78, 5) is 12.0. The minimum atomic E-state index is -0.229. The molecular weight excluding hydrogens is 354 g/mol. The van der Waals surface area contributed by atoms with Gasteiger partial charge >= 0.3 is 0 Å². The zero-order valence-electron chi connectivity index (χ0n) is 14.7. The highest BCUT2D eigenvalue weighted by atomic mass is 35.5. The van der Waals surface area contributed by atoms with Gasteiger partial charge in [0.25, 0.3) is 5.91 Å². The molecule has 2 aromatic rings. The zero-order chi connectivity index (χ0) is 18.4. The number of carbonyl (C=O) groups excluding carboxylic acids is 1. The molecule has 1 aliphatic heterocycles. The highest BCUT2D eigenvalue weighted by Gasteiger charge is 2.15. The number of rotatable bonds is 7. The minimum Gasteiger partial charge on any atom is -0.491 e. The van der Waals surface area contributed by atoms with Gasteiger partial charge in [-0.05, 0) is 67.8 Å². The first kappa shape index (κ1) is 18.5. The number of nitrogens with one attached hydrogen (secondary N) is 1. The largest absolute Gasteiger partial charge is 0.491 e. The number of ether oxygens (including phenoxy) is 3. The predicted octanol–water partition coefficient (Wildman–Crippen LogP) is 4.22. The second-order valence-electron chi connectivity index (χ2n) is 6.22. The average molecular weight is 376 g/mol. The van der Waals surface area contributed by atoms with Gasteiger partial charge in [-0.3, -0.25) is 4.79 Å². The van der Waals surface area contributed by atoms with E-state index < -0.39 is 0 Å². The molecule has 1 saturated heterocycles. The van der Waals surface area contributed by atoms with Crippen LogP contribution in [-0.4, -0.2) is 31.8 Å². The van der Waals surface area contributed by atoms with Crippen molar-refractivity contribution in [3.8, 4) is 11.5 Å². The van der Waals surface area contributed by atoms with Crippen LogP contribution in [0.15, 0.2) is 42.5 Å². The van der Waals surface area contributed by atoms with Crippen molar-refractivity contribution in [2.75, 3.05) is 25.1 Å². The number of amides is 1. The molecule has 6 heteroatoms. The number of hydrogen-bond acceptors (Lipinski definition) is 4. The first-order chi connectivity index (χ1) is 12.6. The summed E-state index contributed by atoms with van der Waals surface area (Å²) >= 11 is 5.91. The van der Waals surface area contributed by atoms with Gasteiger partial charge in [0, 0.05) is 17.3 Å². The Morgan fingerprint density at radius 2 is 2.04 bits per heavy atom. The van der Waals surface area contributed by atoms with Crippen molar-refractivity contribution in [1.82, 2.24) is 0 Å². The fraction of sp³-hybridized carbons (Fsp3) is 0.350. The van der Waals surface area contributed by atoms with E-state index in [0.717, 1.165) is 30.8 Å². The van der Waals surface area contributed by atoms with E-state index in [2.05, 4.69) is 5.32 Å². The molecular formula is C20H22ClNO4. The molecule has 138 valence electrons. The number of halogens is 1. The van der Waals surface area contributed by atoms with Crippen molar-refractivity contribution in [1.29, 1.82) is 0 Å². The maximum Gasteiger partial charge on any atom is 0.262 e. The second kappa shape index (κ2) is 8.92. The Balaban J connectivity index is 1.44. The standard InChI is InChI=1S/C20H22ClNO4/c1-14-11-15(21)4-9-19(14)26-13-20(23)22-16-5-7-17(8-6-16)25-12-18-3-2-10-24-18/h4-9,11,18H,2-3,10,12-13H2,1H3,(H,22,23). The van der Waals surface area contributed by atoms with E-state index >= 15 is 0 Å². The van der Waals surface area contributed by atoms with Crippen LogP contribution in [0.25, 0.3) is 0 Å². The zero-order valence-corrected chi connectivity index (χ0v) is 15.4. The van der Waals surface area contributed by atoms with Crippen LogP contribution in [0.2, 0.25) is 5.02 Å². The number of benzene rings is 2. The maximum absolute atomic E-state index is 12.0. The molecule has 1 unspecified atom stereocenters. The molecule has 2 aromatic carbocycles. The Kier molecular flexibility index (Phi) is 6.36. The molecule has 0 aromatic heterocycles. The predicted molar refractivity (Wildman–Crippen MR) is 101 cm³/mol. The van der Waals surface area contributed by atoms with E-state index in [0.29, 0.717) is 23.1 Å². The maximum atomic E-state index is 12.0. The Morgan fingerprint density at radius 3 is 2.73 bits per heavy atom. The summed E-state index contributed by atoms with van der Waals surface area (Å²) in [5.41, 5.74) is 1.58. The van der Waals surface area contributed by atoms with Crippen molar-refractivity contribution in [2.45, 2.75) is 25.9 Å². The Morgan fingerprint density at radius 1 is 1.23 bits per heavy atom. The van der Waals surface area contributed by atoms with Crippen molar-refractivity contribution >= 4 is 23.2 Å². The van der Waals surface area contributed by atoms with Crippen LogP contribution in [0.1, 0.15) is 18.4 Å². The van der Waals surface area contributed by atoms with Gasteiger partial charge in [-0.2, -0.15) is 0 Å². The quantitative estimate of drug-likeness (QED) is 0.787. The van der Waals surface area contributed by atoms with Gasteiger partial charge in [0.15, 0.2) is 6.61 Å². The lowest BCUT2D eigenvalue weighted by atomic mass is 10.2. The summed E-state index contributed by atoms with van der Waals surface area (Å²) < 4.78 is 16.8. The molecule has 0 radical (unpaired) electrons. The third kappa shape index (κ3) is 5.38. The van der Waals surface area contributed by atoms with Crippen LogP contribution in [0.4, 0.5) is 5.69 Å². The summed E-state index contributed by atoms with van der Waals surface area (Å²) in [6.07, 6.45) is 2.32. The summed E-state index contributed by atoms with van der Waals surface area (Å²) in [5, 5.41) is 3.44. The first-order valence-corrected chi connectivity index (χ1v) is 9.01. The average Bonchev–Trinajstić information content (AvgIpc) is 3.14. The Bertz CT molecular complexity index is 742. The van der Waals surface area contributed by atoms with Crippen LogP contribution >= 0.6 is 11.6 Å². The van der Waals surface area contributed by atoms with Gasteiger partial charge < -0.3 is 19.5 Å². The monoisotopic (exact) mass is 375 g/mol. The van der Waals surface area contributed by atoms with Crippen LogP contribution in [-0.2, 0) is 9.53 Å². The van der Waals surface area contributed by atoms with Crippen molar-refractivity contribution in [3.05, 3.63) is 53.1 Å². The fourth-order valence-electron chi connectivity index (χ4n) is 2.71. The van der Waals surface area contributed by atoms with Crippen LogP contribution in [0.5, 0.6) is 11.5 Å². The molecule has 1 amide bonds. The van der Waals surface area contributed by atoms with Crippen LogP contribution in [0.3, 0.4) is 0 Å². The van der Waals surface area contributed by atoms with E-state index in [1.54, 1.807) is 30.3 Å². The first-order valence-electron chi connectivity index (χ1n) is 8.63. The number of anilines is 1. The fourth-order valence-corrected chi connectivity index (χ4v) is 2.94. The molecule has 1 heterocycles. The summed E-state index contributed by atoms with van der Waals surface area (Å²) in [5.74, 6) is 1.17. The second-order valence-corrected chi connectivity index (χ2v) is 6.65. The molecule has 0 spiro atoms. The van der Waals surface area contributed by atoms with Gasteiger partial charge in [-0.1, -0.05) is 11.6 Å². The number of aryl methyl sites for hydroxylation is 1. The molecule has 26 heavy (non-hydrogen) atoms. The lowest BCUT2D eigenvalue weighted by molar-refractivity contribution is -0.118. The third-order valence-electron chi connectivity index (χ3n) is 4.09. The van der Waals surface area contributed by atoms with E-state index in [1.165, 1.54) is 0 Å². The number of hydrogen-bond donors (Lipinski definition) is 1. The lowest BCUT2D eigenvalue weighted by Crippen LogP contribution is -2.20. The third-order valence-corrected chi connectivity index (χ3v) is 4.33. The van der Waals surface area contributed by atoms with Crippen LogP contribution in [0, 0.1) is 6.92 Å². The highest BCUT2D eigenvalue weighted by Crippen LogP contribution is 2.22. The summed E-state index contributed by atoms with van der Waals surface area (Å²) in [6.45, 7) is 3.19. The molecule has 0 saturated carbocycles. The summed E-state index contributed by atoms with van der Waals surface area (Å²) in [7, 11) is 0. The van der Waals surface area contributed by atoms with Gasteiger partial charge in [0.05, 0.1) is 6.10 Å². The SMILES string of the molecule is Cc1cc(Cl)ccc1OCC(=O)Nc1ccc(OCC2CCCO2)cc1. The highest BCUT2D eigenvalue weighted by molar-refractivity contribution is 6.30. The van der Waals surface area contributed by atoms with Crippen molar-refractivity contribution in [2.24, 2.45) is 0 Å². The number of carbonyl (C=O) groups is 1. The molecule has 1 N–H and O–H groups in total. The van der Waals surface area contributed by atoms with Crippen molar-refractivity contribution in [3.63, 3.8) is 0 Å². The molecule has 0 aliphatic carbocycles. The molecule has 0 bridgehead atoms. The van der Waals surface area contributed by atoms with Crippen molar-refractivity contribution < 1.29 is 19.0 Å². The molecule has 1 fully saturated rings. The van der Waals surface area contributed by atoms with Crippen LogP contribution < -0.4 is 14.8 Å². The van der Waals surface area contributed by atoms with Gasteiger partial charge in [0.1, 0.15) is 18.1 Å². The Labute approximate surface area is 158 Å².